The molecule has 0 spiro atoms. The normalized spacial score (nSPS) is 29.7. The lowest BCUT2D eigenvalue weighted by atomic mass is 9.83. The Hall–Kier alpha value is -1.46. The van der Waals surface area contributed by atoms with Crippen molar-refractivity contribution >= 4 is 5.97 Å². The number of alkyl halides is 1. The van der Waals surface area contributed by atoms with Crippen molar-refractivity contribution in [2.75, 3.05) is 7.11 Å². The van der Waals surface area contributed by atoms with Gasteiger partial charge >= 0.3 is 5.97 Å². The lowest BCUT2D eigenvalue weighted by Gasteiger charge is -2.24. The molecular formula is C22H31FO4. The Morgan fingerprint density at radius 3 is 2.78 bits per heavy atom. The molecule has 0 radical (unpaired) electrons. The van der Waals surface area contributed by atoms with Gasteiger partial charge in [-0.05, 0) is 48.3 Å². The van der Waals surface area contributed by atoms with Crippen molar-refractivity contribution in [1.82, 2.24) is 0 Å². The molecule has 2 aliphatic rings. The largest absolute Gasteiger partial charge is 0.469 e. The Balaban J connectivity index is 1.56. The van der Waals surface area contributed by atoms with E-state index in [1.54, 1.807) is 0 Å². The molecule has 2 N–H and O–H groups in total. The molecule has 150 valence electrons. The standard InChI is InChI=1S/C22H31FO4/c1-27-21(26)7-5-3-2-4-6-17-18(23)13-20(25)22(17)15-8-10-16-14(12-15)9-11-19(16)24/h8,10,12,17-20,22,24-25H,2-7,9,11,13H2,1H3/t17-,18?,19?,20+,22+/m0/s1. The minimum Gasteiger partial charge on any atom is -0.469 e. The lowest BCUT2D eigenvalue weighted by molar-refractivity contribution is -0.140. The third-order valence-electron chi connectivity index (χ3n) is 6.30. The van der Waals surface area contributed by atoms with Crippen molar-refractivity contribution in [3.8, 4) is 0 Å². The minimum absolute atomic E-state index is 0.162. The van der Waals surface area contributed by atoms with E-state index >= 15 is 0 Å². The predicted molar refractivity (Wildman–Crippen MR) is 101 cm³/mol. The van der Waals surface area contributed by atoms with Crippen LogP contribution in [0, 0.1) is 5.92 Å². The molecule has 5 heteroatoms. The van der Waals surface area contributed by atoms with Crippen LogP contribution in [0.5, 0.6) is 0 Å². The van der Waals surface area contributed by atoms with Crippen molar-refractivity contribution in [2.45, 2.75) is 82.1 Å². The average Bonchev–Trinajstić information content (AvgIpc) is 3.16. The van der Waals surface area contributed by atoms with Gasteiger partial charge in [-0.1, -0.05) is 37.5 Å². The van der Waals surface area contributed by atoms with Gasteiger partial charge in [0, 0.05) is 18.8 Å². The van der Waals surface area contributed by atoms with E-state index in [2.05, 4.69) is 10.8 Å². The van der Waals surface area contributed by atoms with E-state index in [1.165, 1.54) is 7.11 Å². The molecule has 5 atom stereocenters. The number of aliphatic hydroxyl groups excluding tert-OH is 2. The highest BCUT2D eigenvalue weighted by Gasteiger charge is 2.43. The first-order chi connectivity index (χ1) is 13.0. The first-order valence-corrected chi connectivity index (χ1v) is 10.2. The molecule has 4 nitrogen and oxygen atoms in total. The number of methoxy groups -OCH3 is 1. The SMILES string of the molecule is COC(=O)CCCCCC[C@H]1C(F)C[C@@H](O)[C@@H]1c1ccc2c(c1)CCC2O. The van der Waals surface area contributed by atoms with Crippen LogP contribution < -0.4 is 0 Å². The molecule has 2 aliphatic carbocycles. The van der Waals surface area contributed by atoms with Crippen molar-refractivity contribution in [3.05, 3.63) is 34.9 Å². The van der Waals surface area contributed by atoms with E-state index in [9.17, 15) is 19.4 Å². The van der Waals surface area contributed by atoms with E-state index < -0.39 is 18.4 Å². The summed E-state index contributed by atoms with van der Waals surface area (Å²) in [6.45, 7) is 0. The van der Waals surface area contributed by atoms with E-state index in [-0.39, 0.29) is 24.2 Å². The molecule has 1 aromatic carbocycles. The number of carbonyl (C=O) groups excluding carboxylic acids is 1. The van der Waals surface area contributed by atoms with Crippen LogP contribution in [0.3, 0.4) is 0 Å². The van der Waals surface area contributed by atoms with Gasteiger partial charge in [0.25, 0.3) is 0 Å². The summed E-state index contributed by atoms with van der Waals surface area (Å²) in [5.74, 6) is -0.511. The van der Waals surface area contributed by atoms with Crippen LogP contribution >= 0.6 is 0 Å². The first-order valence-electron chi connectivity index (χ1n) is 10.2. The van der Waals surface area contributed by atoms with Gasteiger partial charge in [0.15, 0.2) is 0 Å². The summed E-state index contributed by atoms with van der Waals surface area (Å²) in [5, 5.41) is 20.5. The summed E-state index contributed by atoms with van der Waals surface area (Å²) in [7, 11) is 1.40. The smallest absolute Gasteiger partial charge is 0.305 e. The number of rotatable bonds is 8. The number of aryl methyl sites for hydroxylation is 1. The number of fused-ring (bicyclic) bond motifs is 1. The Kier molecular flexibility index (Phi) is 6.88. The van der Waals surface area contributed by atoms with Gasteiger partial charge in [-0.25, -0.2) is 4.39 Å². The highest BCUT2D eigenvalue weighted by atomic mass is 19.1. The van der Waals surface area contributed by atoms with Crippen LogP contribution in [-0.4, -0.2) is 35.6 Å². The van der Waals surface area contributed by atoms with Gasteiger partial charge in [-0.3, -0.25) is 4.79 Å². The van der Waals surface area contributed by atoms with Crippen LogP contribution in [0.25, 0.3) is 0 Å². The molecule has 1 fully saturated rings. The second kappa shape index (κ2) is 9.16. The molecule has 0 saturated heterocycles. The van der Waals surface area contributed by atoms with Crippen LogP contribution in [0.4, 0.5) is 4.39 Å². The average molecular weight is 378 g/mol. The Labute approximate surface area is 160 Å². The quantitative estimate of drug-likeness (QED) is 0.530. The highest BCUT2D eigenvalue weighted by molar-refractivity contribution is 5.68. The topological polar surface area (TPSA) is 66.8 Å². The van der Waals surface area contributed by atoms with Gasteiger partial charge in [-0.15, -0.1) is 0 Å². The minimum atomic E-state index is -0.973. The molecule has 0 aliphatic heterocycles. The fourth-order valence-corrected chi connectivity index (χ4v) is 4.82. The third-order valence-corrected chi connectivity index (χ3v) is 6.30. The van der Waals surface area contributed by atoms with Gasteiger partial charge in [-0.2, -0.15) is 0 Å². The number of halogens is 1. The number of aliphatic hydroxyl groups is 2. The molecule has 2 unspecified atom stereocenters. The van der Waals surface area contributed by atoms with Crippen molar-refractivity contribution in [3.63, 3.8) is 0 Å². The van der Waals surface area contributed by atoms with Gasteiger partial charge in [0.1, 0.15) is 6.17 Å². The Morgan fingerprint density at radius 1 is 1.22 bits per heavy atom. The maximum atomic E-state index is 14.6. The third kappa shape index (κ3) is 4.69. The van der Waals surface area contributed by atoms with E-state index in [1.807, 2.05) is 12.1 Å². The number of unbranched alkanes of at least 4 members (excludes halogenated alkanes) is 3. The zero-order valence-electron chi connectivity index (χ0n) is 16.1. The Morgan fingerprint density at radius 2 is 2.00 bits per heavy atom. The predicted octanol–water partition coefficient (Wildman–Crippen LogP) is 3.98. The molecule has 0 heterocycles. The Bertz CT molecular complexity index is 647. The summed E-state index contributed by atoms with van der Waals surface area (Å²) < 4.78 is 19.2. The zero-order valence-corrected chi connectivity index (χ0v) is 16.1. The molecule has 1 saturated carbocycles. The maximum Gasteiger partial charge on any atom is 0.305 e. The van der Waals surface area contributed by atoms with Gasteiger partial charge < -0.3 is 14.9 Å². The lowest BCUT2D eigenvalue weighted by Crippen LogP contribution is -2.19. The van der Waals surface area contributed by atoms with Crippen molar-refractivity contribution < 1.29 is 24.1 Å². The van der Waals surface area contributed by atoms with Crippen molar-refractivity contribution in [2.24, 2.45) is 5.92 Å². The summed E-state index contributed by atoms with van der Waals surface area (Å²) in [6, 6.07) is 5.98. The maximum absolute atomic E-state index is 14.6. The van der Waals surface area contributed by atoms with Crippen LogP contribution in [0.2, 0.25) is 0 Å². The van der Waals surface area contributed by atoms with E-state index in [0.29, 0.717) is 6.42 Å². The van der Waals surface area contributed by atoms with Crippen molar-refractivity contribution in [1.29, 1.82) is 0 Å². The van der Waals surface area contributed by atoms with E-state index in [4.69, 9.17) is 0 Å². The number of esters is 1. The highest BCUT2D eigenvalue weighted by Crippen LogP contribution is 2.45. The molecule has 0 aromatic heterocycles. The van der Waals surface area contributed by atoms with E-state index in [0.717, 1.165) is 61.6 Å². The fourth-order valence-electron chi connectivity index (χ4n) is 4.82. The fraction of sp³-hybridized carbons (Fsp3) is 0.682. The molecule has 27 heavy (non-hydrogen) atoms. The summed E-state index contributed by atoms with van der Waals surface area (Å²) in [6.07, 6.45) is 4.57. The second-order valence-electron chi connectivity index (χ2n) is 8.05. The van der Waals surface area contributed by atoms with Crippen LogP contribution in [0.1, 0.15) is 80.1 Å². The molecule has 3 rings (SSSR count). The number of benzene rings is 1. The summed E-state index contributed by atoms with van der Waals surface area (Å²) >= 11 is 0. The molecule has 1 aromatic rings. The van der Waals surface area contributed by atoms with Crippen LogP contribution in [0.15, 0.2) is 18.2 Å². The number of hydrogen-bond donors (Lipinski definition) is 2. The van der Waals surface area contributed by atoms with Gasteiger partial charge in [0.05, 0.1) is 19.3 Å². The first kappa shape index (κ1) is 20.3. The number of hydrogen-bond acceptors (Lipinski definition) is 4. The summed E-state index contributed by atoms with van der Waals surface area (Å²) in [5.41, 5.74) is 3.12. The molecule has 0 bridgehead atoms. The van der Waals surface area contributed by atoms with Crippen LogP contribution in [-0.2, 0) is 16.0 Å². The summed E-state index contributed by atoms with van der Waals surface area (Å²) in [4.78, 5) is 11.1. The van der Waals surface area contributed by atoms with Gasteiger partial charge in [0.2, 0.25) is 0 Å². The zero-order chi connectivity index (χ0) is 19.4. The molecule has 0 amide bonds. The molecular weight excluding hydrogens is 347 g/mol. The number of carbonyl (C=O) groups is 1. The second-order valence-corrected chi connectivity index (χ2v) is 8.05. The monoisotopic (exact) mass is 378 g/mol. The number of ether oxygens (including phenoxy) is 1.